The highest BCUT2D eigenvalue weighted by molar-refractivity contribution is 5.89. The highest BCUT2D eigenvalue weighted by Gasteiger charge is 2.33. The number of benzene rings is 2. The van der Waals surface area contributed by atoms with Gasteiger partial charge in [-0.3, -0.25) is 9.59 Å². The molecule has 4 rings (SSSR count). The molecule has 1 N–H and O–H groups in total. The van der Waals surface area contributed by atoms with E-state index in [1.807, 2.05) is 43.3 Å². The largest absolute Gasteiger partial charge is 0.494 e. The second-order valence-corrected chi connectivity index (χ2v) is 7.99. The average molecular weight is 492 g/mol. The fourth-order valence-electron chi connectivity index (χ4n) is 3.97. The Bertz CT molecular complexity index is 1290. The van der Waals surface area contributed by atoms with E-state index in [9.17, 15) is 9.59 Å². The van der Waals surface area contributed by atoms with Crippen LogP contribution in [0.2, 0.25) is 0 Å². The predicted molar refractivity (Wildman–Crippen MR) is 132 cm³/mol. The fraction of sp³-hybridized carbons (Fsp3) is 0.308. The van der Waals surface area contributed by atoms with Crippen LogP contribution in [0, 0.1) is 0 Å². The molecule has 0 saturated heterocycles. The van der Waals surface area contributed by atoms with Gasteiger partial charge in [0.2, 0.25) is 11.8 Å². The number of aromatic nitrogens is 3. The third-order valence-electron chi connectivity index (χ3n) is 5.65. The van der Waals surface area contributed by atoms with Crippen LogP contribution in [0.15, 0.2) is 71.3 Å². The molecule has 2 heterocycles. The van der Waals surface area contributed by atoms with Crippen molar-refractivity contribution in [3.63, 3.8) is 0 Å². The summed E-state index contributed by atoms with van der Waals surface area (Å²) in [6, 6.07) is 17.2. The van der Waals surface area contributed by atoms with E-state index in [1.165, 1.54) is 9.58 Å². The van der Waals surface area contributed by atoms with E-state index >= 15 is 0 Å². The lowest BCUT2D eigenvalue weighted by atomic mass is 10.0. The van der Waals surface area contributed by atoms with Gasteiger partial charge in [0.25, 0.3) is 0 Å². The van der Waals surface area contributed by atoms with Crippen LogP contribution in [0.1, 0.15) is 24.3 Å². The van der Waals surface area contributed by atoms with Crippen molar-refractivity contribution in [1.29, 1.82) is 0 Å². The van der Waals surface area contributed by atoms with Gasteiger partial charge in [0.1, 0.15) is 29.6 Å². The van der Waals surface area contributed by atoms with Crippen LogP contribution in [0.5, 0.6) is 5.75 Å². The predicted octanol–water partition coefficient (Wildman–Crippen LogP) is 2.96. The first-order valence-electron chi connectivity index (χ1n) is 11.7. The Morgan fingerprint density at radius 2 is 1.92 bits per heavy atom. The molecule has 0 saturated carbocycles. The van der Waals surface area contributed by atoms with Gasteiger partial charge in [0.05, 0.1) is 31.5 Å². The molecule has 0 bridgehead atoms. The highest BCUT2D eigenvalue weighted by Crippen LogP contribution is 2.30. The maximum absolute atomic E-state index is 13.7. The van der Waals surface area contributed by atoms with Crippen molar-refractivity contribution in [1.82, 2.24) is 25.2 Å². The number of nitrogens with one attached hydrogen (secondary N) is 1. The molecule has 0 fully saturated rings. The first kappa shape index (κ1) is 24.9. The Hall–Kier alpha value is -4.18. The van der Waals surface area contributed by atoms with Crippen LogP contribution in [-0.4, -0.2) is 58.6 Å². The van der Waals surface area contributed by atoms with Gasteiger partial charge in [-0.05, 0) is 37.3 Å². The number of ether oxygens (including phenoxy) is 2. The van der Waals surface area contributed by atoms with Gasteiger partial charge in [0.15, 0.2) is 0 Å². The minimum Gasteiger partial charge on any atom is -0.494 e. The van der Waals surface area contributed by atoms with Crippen LogP contribution in [0.25, 0.3) is 11.0 Å². The van der Waals surface area contributed by atoms with Crippen LogP contribution >= 0.6 is 0 Å². The van der Waals surface area contributed by atoms with Crippen molar-refractivity contribution < 1.29 is 23.5 Å². The molecule has 2 amide bonds. The Morgan fingerprint density at radius 3 is 2.69 bits per heavy atom. The van der Waals surface area contributed by atoms with Crippen LogP contribution in [0.4, 0.5) is 0 Å². The summed E-state index contributed by atoms with van der Waals surface area (Å²) >= 11 is 0. The highest BCUT2D eigenvalue weighted by atomic mass is 16.5. The van der Waals surface area contributed by atoms with Gasteiger partial charge in [-0.15, -0.1) is 5.10 Å². The molecule has 1 atom stereocenters. The summed E-state index contributed by atoms with van der Waals surface area (Å²) in [4.78, 5) is 28.9. The minimum absolute atomic E-state index is 0.0943. The molecule has 0 spiro atoms. The first-order chi connectivity index (χ1) is 17.6. The summed E-state index contributed by atoms with van der Waals surface area (Å²) in [6.45, 7) is 2.78. The average Bonchev–Trinajstić information content (AvgIpc) is 3.56. The van der Waals surface area contributed by atoms with Gasteiger partial charge in [0, 0.05) is 19.2 Å². The van der Waals surface area contributed by atoms with Crippen molar-refractivity contribution >= 4 is 22.8 Å². The molecule has 188 valence electrons. The maximum atomic E-state index is 13.7. The number of para-hydroxylation sites is 2. The van der Waals surface area contributed by atoms with Crippen LogP contribution < -0.4 is 10.1 Å². The second kappa shape index (κ2) is 12.0. The van der Waals surface area contributed by atoms with Crippen LogP contribution in [-0.2, 0) is 27.4 Å². The molecule has 0 aliphatic heterocycles. The topological polar surface area (TPSA) is 112 Å². The zero-order valence-electron chi connectivity index (χ0n) is 20.3. The molecule has 0 aliphatic carbocycles. The van der Waals surface area contributed by atoms with Crippen molar-refractivity contribution in [3.05, 3.63) is 78.3 Å². The van der Waals surface area contributed by atoms with E-state index < -0.39 is 6.04 Å². The number of methoxy groups -OCH3 is 1. The third kappa shape index (κ3) is 5.72. The summed E-state index contributed by atoms with van der Waals surface area (Å²) in [6.07, 6.45) is 1.54. The van der Waals surface area contributed by atoms with Gasteiger partial charge in [-0.1, -0.05) is 35.5 Å². The summed E-state index contributed by atoms with van der Waals surface area (Å²) in [5.41, 5.74) is 1.98. The summed E-state index contributed by atoms with van der Waals surface area (Å²) in [5, 5.41) is 11.2. The Balaban J connectivity index is 1.69. The lowest BCUT2D eigenvalue weighted by molar-refractivity contribution is -0.142. The van der Waals surface area contributed by atoms with Gasteiger partial charge in [-0.2, -0.15) is 0 Å². The van der Waals surface area contributed by atoms with E-state index in [2.05, 4.69) is 15.6 Å². The summed E-state index contributed by atoms with van der Waals surface area (Å²) in [7, 11) is 1.55. The number of carbonyl (C=O) groups is 2. The number of fused-ring (bicyclic) bond motifs is 1. The van der Waals surface area contributed by atoms with E-state index in [1.54, 1.807) is 37.6 Å². The normalized spacial score (nSPS) is 11.8. The second-order valence-electron chi connectivity index (χ2n) is 7.99. The van der Waals surface area contributed by atoms with Crippen LogP contribution in [0.3, 0.4) is 0 Å². The number of amides is 2. The standard InChI is InChI=1S/C26H29N5O5/c1-3-35-23-13-7-4-10-20(23)25(26(33)27-17-19-9-8-15-36-19)30(14-16-34-2)24(32)18-31-22-12-6-5-11-21(22)28-29-31/h4-13,15,25H,3,14,16-18H2,1-2H3,(H,27,33)/t25-/m0/s1. The SMILES string of the molecule is CCOc1ccccc1[C@@H](C(=O)NCc1ccco1)N(CCOC)C(=O)Cn1nnc2ccccc21. The number of nitrogens with zero attached hydrogens (tertiary/aromatic N) is 4. The monoisotopic (exact) mass is 491 g/mol. The molecule has 10 heteroatoms. The minimum atomic E-state index is -0.972. The molecule has 10 nitrogen and oxygen atoms in total. The van der Waals surface area contributed by atoms with E-state index in [0.29, 0.717) is 29.2 Å². The maximum Gasteiger partial charge on any atom is 0.247 e. The van der Waals surface area contributed by atoms with Crippen molar-refractivity contribution in [2.45, 2.75) is 26.1 Å². The molecular weight excluding hydrogens is 462 g/mol. The van der Waals surface area contributed by atoms with Crippen molar-refractivity contribution in [2.75, 3.05) is 26.9 Å². The molecule has 0 aliphatic rings. The summed E-state index contributed by atoms with van der Waals surface area (Å²) in [5.74, 6) is 0.447. The zero-order valence-corrected chi connectivity index (χ0v) is 20.3. The Kier molecular flexibility index (Phi) is 8.30. The number of hydrogen-bond acceptors (Lipinski definition) is 7. The fourth-order valence-corrected chi connectivity index (χ4v) is 3.97. The smallest absolute Gasteiger partial charge is 0.247 e. The number of rotatable bonds is 12. The van der Waals surface area contributed by atoms with Gasteiger partial charge < -0.3 is 24.1 Å². The lowest BCUT2D eigenvalue weighted by Crippen LogP contribution is -2.46. The molecular formula is C26H29N5O5. The number of furan rings is 1. The van der Waals surface area contributed by atoms with Crippen molar-refractivity contribution in [3.8, 4) is 5.75 Å². The zero-order chi connectivity index (χ0) is 25.3. The molecule has 4 aromatic rings. The quantitative estimate of drug-likeness (QED) is 0.324. The molecule has 2 aromatic carbocycles. The summed E-state index contributed by atoms with van der Waals surface area (Å²) < 4.78 is 18.0. The Labute approximate surface area is 208 Å². The number of hydrogen-bond donors (Lipinski definition) is 1. The molecule has 0 unspecified atom stereocenters. The van der Waals surface area contributed by atoms with Gasteiger partial charge >= 0.3 is 0 Å². The first-order valence-corrected chi connectivity index (χ1v) is 11.7. The Morgan fingerprint density at radius 1 is 1.11 bits per heavy atom. The molecule has 0 radical (unpaired) electrons. The van der Waals surface area contributed by atoms with E-state index in [0.717, 1.165) is 5.52 Å². The van der Waals surface area contributed by atoms with Crippen molar-refractivity contribution in [2.24, 2.45) is 0 Å². The van der Waals surface area contributed by atoms with E-state index in [-0.39, 0.29) is 38.1 Å². The molecule has 36 heavy (non-hydrogen) atoms. The lowest BCUT2D eigenvalue weighted by Gasteiger charge is -2.32. The third-order valence-corrected chi connectivity index (χ3v) is 5.65. The number of carbonyl (C=O) groups excluding carboxylic acids is 2. The van der Waals surface area contributed by atoms with Gasteiger partial charge in [-0.25, -0.2) is 4.68 Å². The molecule has 2 aromatic heterocycles. The van der Waals surface area contributed by atoms with E-state index in [4.69, 9.17) is 13.9 Å².